The molecule has 0 bridgehead atoms. The molecule has 1 saturated heterocycles. The lowest BCUT2D eigenvalue weighted by molar-refractivity contribution is -0.137. The molecule has 3 heterocycles. The van der Waals surface area contributed by atoms with E-state index in [1.165, 1.54) is 0 Å². The van der Waals surface area contributed by atoms with Crippen LogP contribution in [0.25, 0.3) is 0 Å². The summed E-state index contributed by atoms with van der Waals surface area (Å²) in [5.74, 6) is 1.54. The van der Waals surface area contributed by atoms with Gasteiger partial charge in [-0.25, -0.2) is 4.98 Å². The highest BCUT2D eigenvalue weighted by atomic mass is 35.5. The van der Waals surface area contributed by atoms with Crippen molar-refractivity contribution in [3.05, 3.63) is 34.6 Å². The zero-order chi connectivity index (χ0) is 23.0. The SMILES string of the molecule is CC(C)C(NC(=O)C1CCN(c2ncc(C(F)(F)F)cc2Cl)CC1)c1nc(C2CC2)no1. The third-order valence-corrected chi connectivity index (χ3v) is 6.22. The average molecular weight is 472 g/mol. The van der Waals surface area contributed by atoms with Crippen molar-refractivity contribution in [1.82, 2.24) is 20.4 Å². The second-order valence-corrected chi connectivity index (χ2v) is 9.19. The summed E-state index contributed by atoms with van der Waals surface area (Å²) in [4.78, 5) is 23.1. The van der Waals surface area contributed by atoms with Gasteiger partial charge in [-0.1, -0.05) is 30.6 Å². The molecule has 1 aliphatic heterocycles. The number of amides is 1. The van der Waals surface area contributed by atoms with Gasteiger partial charge in [0.2, 0.25) is 11.8 Å². The van der Waals surface area contributed by atoms with Crippen molar-refractivity contribution < 1.29 is 22.5 Å². The molecule has 0 aromatic carbocycles. The van der Waals surface area contributed by atoms with Gasteiger partial charge < -0.3 is 14.7 Å². The molecule has 2 aliphatic rings. The lowest BCUT2D eigenvalue weighted by Crippen LogP contribution is -2.43. The van der Waals surface area contributed by atoms with Gasteiger partial charge in [0.05, 0.1) is 10.6 Å². The van der Waals surface area contributed by atoms with Crippen molar-refractivity contribution in [1.29, 1.82) is 0 Å². The van der Waals surface area contributed by atoms with Crippen molar-refractivity contribution in [2.75, 3.05) is 18.0 Å². The van der Waals surface area contributed by atoms with E-state index in [1.807, 2.05) is 18.7 Å². The number of rotatable bonds is 6. The van der Waals surface area contributed by atoms with Gasteiger partial charge in [0.1, 0.15) is 11.9 Å². The number of pyridine rings is 1. The number of halogens is 4. The number of nitrogens with zero attached hydrogens (tertiary/aromatic N) is 4. The maximum Gasteiger partial charge on any atom is 0.417 e. The fraction of sp³-hybridized carbons (Fsp3) is 0.619. The molecule has 0 spiro atoms. The number of anilines is 1. The van der Waals surface area contributed by atoms with Gasteiger partial charge in [-0.15, -0.1) is 0 Å². The number of carbonyl (C=O) groups excluding carboxylic acids is 1. The monoisotopic (exact) mass is 471 g/mol. The molecule has 2 aromatic rings. The first kappa shape index (κ1) is 22.8. The quantitative estimate of drug-likeness (QED) is 0.654. The first-order valence-corrected chi connectivity index (χ1v) is 11.1. The Labute approximate surface area is 188 Å². The lowest BCUT2D eigenvalue weighted by atomic mass is 9.94. The summed E-state index contributed by atoms with van der Waals surface area (Å²) in [6, 6.07) is 0.516. The lowest BCUT2D eigenvalue weighted by Gasteiger charge is -2.33. The van der Waals surface area contributed by atoms with Gasteiger partial charge in [0.25, 0.3) is 0 Å². The highest BCUT2D eigenvalue weighted by Crippen LogP contribution is 2.39. The largest absolute Gasteiger partial charge is 0.417 e. The number of carbonyl (C=O) groups is 1. The molecule has 4 rings (SSSR count). The maximum absolute atomic E-state index is 12.9. The first-order chi connectivity index (χ1) is 15.1. The number of aromatic nitrogens is 3. The highest BCUT2D eigenvalue weighted by Gasteiger charge is 2.35. The summed E-state index contributed by atoms with van der Waals surface area (Å²) in [7, 11) is 0. The third-order valence-electron chi connectivity index (χ3n) is 5.94. The molecule has 1 N–H and O–H groups in total. The molecule has 7 nitrogen and oxygen atoms in total. The van der Waals surface area contributed by atoms with Crippen molar-refractivity contribution in [2.24, 2.45) is 11.8 Å². The van der Waals surface area contributed by atoms with Crippen molar-refractivity contribution in [3.63, 3.8) is 0 Å². The summed E-state index contributed by atoms with van der Waals surface area (Å²) in [5, 5.41) is 7.03. The van der Waals surface area contributed by atoms with Gasteiger partial charge in [0.15, 0.2) is 5.82 Å². The van der Waals surface area contributed by atoms with Crippen LogP contribution in [0.3, 0.4) is 0 Å². The topological polar surface area (TPSA) is 84.2 Å². The molecule has 174 valence electrons. The molecule has 1 aliphatic carbocycles. The average Bonchev–Trinajstić information content (AvgIpc) is 3.48. The second kappa shape index (κ2) is 8.88. The van der Waals surface area contributed by atoms with Crippen LogP contribution in [0.2, 0.25) is 5.02 Å². The molecule has 2 aromatic heterocycles. The van der Waals surface area contributed by atoms with Crippen LogP contribution in [-0.2, 0) is 11.0 Å². The van der Waals surface area contributed by atoms with E-state index in [1.54, 1.807) is 0 Å². The number of hydrogen-bond acceptors (Lipinski definition) is 6. The minimum absolute atomic E-state index is 0.0505. The Morgan fingerprint density at radius 1 is 1.25 bits per heavy atom. The van der Waals surface area contributed by atoms with Gasteiger partial charge in [0, 0.05) is 31.1 Å². The zero-order valence-electron chi connectivity index (χ0n) is 17.8. The summed E-state index contributed by atoms with van der Waals surface area (Å²) in [6.07, 6.45) is -0.514. The Balaban J connectivity index is 1.36. The number of nitrogens with one attached hydrogen (secondary N) is 1. The Kier molecular flexibility index (Phi) is 6.33. The highest BCUT2D eigenvalue weighted by molar-refractivity contribution is 6.33. The van der Waals surface area contributed by atoms with Crippen LogP contribution in [0.15, 0.2) is 16.8 Å². The van der Waals surface area contributed by atoms with Crippen LogP contribution in [0.5, 0.6) is 0 Å². The Bertz CT molecular complexity index is 969. The van der Waals surface area contributed by atoms with Gasteiger partial charge in [-0.3, -0.25) is 4.79 Å². The van der Waals surface area contributed by atoms with Gasteiger partial charge >= 0.3 is 6.18 Å². The number of alkyl halides is 3. The van der Waals surface area contributed by atoms with E-state index < -0.39 is 11.7 Å². The van der Waals surface area contributed by atoms with E-state index in [2.05, 4.69) is 20.4 Å². The fourth-order valence-corrected chi connectivity index (χ4v) is 4.12. The predicted octanol–water partition coefficient (Wildman–Crippen LogP) is 4.74. The Morgan fingerprint density at radius 3 is 2.50 bits per heavy atom. The number of hydrogen-bond donors (Lipinski definition) is 1. The van der Waals surface area contributed by atoms with E-state index in [0.29, 0.717) is 49.4 Å². The summed E-state index contributed by atoms with van der Waals surface area (Å²) in [6.45, 7) is 4.89. The minimum atomic E-state index is -4.50. The standard InChI is InChI=1S/C21H25ClF3N5O2/c1-11(2)16(20-28-17(29-32-20)12-3-4-12)27-19(31)13-5-7-30(8-6-13)18-15(22)9-14(10-26-18)21(23,24)25/h9-13,16H,3-8H2,1-2H3,(H,27,31). The summed E-state index contributed by atoms with van der Waals surface area (Å²) in [5.41, 5.74) is -0.883. The molecule has 2 fully saturated rings. The van der Waals surface area contributed by atoms with E-state index in [4.69, 9.17) is 16.1 Å². The van der Waals surface area contributed by atoms with Crippen LogP contribution >= 0.6 is 11.6 Å². The molecule has 1 saturated carbocycles. The van der Waals surface area contributed by atoms with E-state index in [-0.39, 0.29) is 28.8 Å². The minimum Gasteiger partial charge on any atom is -0.355 e. The van der Waals surface area contributed by atoms with Crippen LogP contribution in [0, 0.1) is 11.8 Å². The normalized spacial score (nSPS) is 18.8. The molecule has 32 heavy (non-hydrogen) atoms. The third kappa shape index (κ3) is 5.00. The Morgan fingerprint density at radius 2 is 1.94 bits per heavy atom. The fourth-order valence-electron chi connectivity index (χ4n) is 3.84. The first-order valence-electron chi connectivity index (χ1n) is 10.7. The molecular formula is C21H25ClF3N5O2. The zero-order valence-corrected chi connectivity index (χ0v) is 18.6. The van der Waals surface area contributed by atoms with Crippen molar-refractivity contribution in [3.8, 4) is 0 Å². The van der Waals surface area contributed by atoms with E-state index >= 15 is 0 Å². The van der Waals surface area contributed by atoms with Crippen LogP contribution in [0.4, 0.5) is 19.0 Å². The molecule has 1 unspecified atom stereocenters. The molecule has 11 heteroatoms. The van der Waals surface area contributed by atoms with E-state index in [0.717, 1.165) is 25.1 Å². The van der Waals surface area contributed by atoms with Gasteiger partial charge in [-0.2, -0.15) is 18.2 Å². The van der Waals surface area contributed by atoms with Crippen LogP contribution in [-0.4, -0.2) is 34.1 Å². The van der Waals surface area contributed by atoms with Crippen molar-refractivity contribution >= 4 is 23.3 Å². The van der Waals surface area contributed by atoms with E-state index in [9.17, 15) is 18.0 Å². The van der Waals surface area contributed by atoms with Crippen molar-refractivity contribution in [2.45, 2.75) is 57.7 Å². The number of piperidine rings is 1. The van der Waals surface area contributed by atoms with Crippen LogP contribution in [0.1, 0.15) is 68.8 Å². The maximum atomic E-state index is 12.9. The Hall–Kier alpha value is -2.36. The molecule has 1 atom stereocenters. The molecular weight excluding hydrogens is 447 g/mol. The predicted molar refractivity (Wildman–Crippen MR) is 111 cm³/mol. The molecule has 1 amide bonds. The smallest absolute Gasteiger partial charge is 0.355 e. The summed E-state index contributed by atoms with van der Waals surface area (Å²) < 4.78 is 43.9. The molecule has 0 radical (unpaired) electrons. The summed E-state index contributed by atoms with van der Waals surface area (Å²) >= 11 is 6.06. The van der Waals surface area contributed by atoms with Crippen LogP contribution < -0.4 is 10.2 Å². The van der Waals surface area contributed by atoms with Gasteiger partial charge in [-0.05, 0) is 37.7 Å². The second-order valence-electron chi connectivity index (χ2n) is 8.78.